The van der Waals surface area contributed by atoms with Crippen molar-refractivity contribution in [1.82, 2.24) is 9.88 Å². The number of ether oxygens (including phenoxy) is 1. The first-order chi connectivity index (χ1) is 16.5. The second kappa shape index (κ2) is 13.6. The monoisotopic (exact) mass is 533 g/mol. The number of halogens is 1. The number of anilines is 1. The lowest BCUT2D eigenvalue weighted by Crippen LogP contribution is -2.39. The van der Waals surface area contributed by atoms with Crippen LogP contribution in [-0.2, 0) is 22.4 Å². The maximum Gasteiger partial charge on any atom is 0.233 e. The lowest BCUT2D eigenvalue weighted by atomic mass is 10.1. The Balaban J connectivity index is 0.00000342. The third-order valence-corrected chi connectivity index (χ3v) is 8.05. The molecule has 1 aliphatic heterocycles. The molecule has 0 unspecified atom stereocenters. The Hall–Kier alpha value is -1.64. The molecule has 0 N–H and O–H groups in total. The predicted molar refractivity (Wildman–Crippen MR) is 152 cm³/mol. The van der Waals surface area contributed by atoms with Gasteiger partial charge in [-0.25, -0.2) is 4.98 Å². The predicted octanol–water partition coefficient (Wildman–Crippen LogP) is 6.08. The molecule has 0 radical (unpaired) electrons. The number of aromatic nitrogens is 1. The fourth-order valence-corrected chi connectivity index (χ4v) is 6.03. The van der Waals surface area contributed by atoms with Gasteiger partial charge in [-0.1, -0.05) is 50.3 Å². The average Bonchev–Trinajstić information content (AvgIpc) is 3.26. The van der Waals surface area contributed by atoms with E-state index in [9.17, 15) is 4.79 Å². The molecular formula is C27H36ClN3O2S2. The number of thiazole rings is 1. The molecule has 3 aromatic rings. The van der Waals surface area contributed by atoms with Gasteiger partial charge in [0, 0.05) is 36.3 Å². The summed E-state index contributed by atoms with van der Waals surface area (Å²) in [5.74, 6) is 0.112. The summed E-state index contributed by atoms with van der Waals surface area (Å²) in [5.41, 5.74) is 3.32. The fraction of sp³-hybridized carbons (Fsp3) is 0.481. The number of amides is 1. The van der Waals surface area contributed by atoms with Crippen molar-refractivity contribution >= 4 is 56.8 Å². The Kier molecular flexibility index (Phi) is 10.9. The van der Waals surface area contributed by atoms with Crippen molar-refractivity contribution in [1.29, 1.82) is 0 Å². The average molecular weight is 534 g/mol. The van der Waals surface area contributed by atoms with Gasteiger partial charge in [-0.2, -0.15) is 0 Å². The molecule has 190 valence electrons. The van der Waals surface area contributed by atoms with Crippen LogP contribution in [0.2, 0.25) is 0 Å². The summed E-state index contributed by atoms with van der Waals surface area (Å²) < 4.78 is 6.62. The summed E-state index contributed by atoms with van der Waals surface area (Å²) in [5, 5.41) is 1.35. The lowest BCUT2D eigenvalue weighted by molar-refractivity contribution is -0.118. The zero-order valence-electron chi connectivity index (χ0n) is 20.9. The highest BCUT2D eigenvalue weighted by atomic mass is 35.5. The third-order valence-electron chi connectivity index (χ3n) is 5.99. The van der Waals surface area contributed by atoms with E-state index in [1.54, 1.807) is 11.3 Å². The molecule has 1 fully saturated rings. The van der Waals surface area contributed by atoms with Crippen molar-refractivity contribution in [2.24, 2.45) is 0 Å². The Morgan fingerprint density at radius 1 is 1.14 bits per heavy atom. The second-order valence-electron chi connectivity index (χ2n) is 8.99. The van der Waals surface area contributed by atoms with Crippen molar-refractivity contribution in [2.45, 2.75) is 50.2 Å². The number of carbonyl (C=O) groups is 1. The first kappa shape index (κ1) is 27.9. The van der Waals surface area contributed by atoms with Crippen LogP contribution in [-0.4, -0.2) is 60.4 Å². The van der Waals surface area contributed by atoms with Crippen LogP contribution in [0.5, 0.6) is 0 Å². The number of morpholine rings is 1. The molecule has 4 rings (SSSR count). The number of fused-ring (bicyclic) bond motifs is 1. The molecular weight excluding hydrogens is 498 g/mol. The minimum absolute atomic E-state index is 0. The minimum Gasteiger partial charge on any atom is -0.379 e. The van der Waals surface area contributed by atoms with E-state index in [1.807, 2.05) is 16.7 Å². The van der Waals surface area contributed by atoms with E-state index in [-0.39, 0.29) is 18.3 Å². The van der Waals surface area contributed by atoms with Crippen LogP contribution in [0.1, 0.15) is 38.3 Å². The molecule has 5 nitrogen and oxygen atoms in total. The summed E-state index contributed by atoms with van der Waals surface area (Å²) >= 11 is 3.47. The van der Waals surface area contributed by atoms with Crippen LogP contribution in [0.4, 0.5) is 5.13 Å². The van der Waals surface area contributed by atoms with Gasteiger partial charge in [0.15, 0.2) is 5.13 Å². The number of benzene rings is 2. The lowest BCUT2D eigenvalue weighted by Gasteiger charge is -2.27. The van der Waals surface area contributed by atoms with Gasteiger partial charge < -0.3 is 4.74 Å². The third kappa shape index (κ3) is 7.92. The van der Waals surface area contributed by atoms with Crippen LogP contribution < -0.4 is 4.90 Å². The van der Waals surface area contributed by atoms with Gasteiger partial charge in [0.2, 0.25) is 5.91 Å². The SMILES string of the molecule is CCc1ccc2nc(N(CCCN3CCOCC3)C(=O)Cc3ccc(SC(C)C)cc3)sc2c1.Cl. The molecule has 0 spiro atoms. The molecule has 2 aromatic carbocycles. The van der Waals surface area contributed by atoms with E-state index in [1.165, 1.54) is 10.5 Å². The van der Waals surface area contributed by atoms with Crippen molar-refractivity contribution in [3.05, 3.63) is 53.6 Å². The Bertz CT molecular complexity index is 1080. The standard InChI is InChI=1S/C27H35N3O2S2.ClH/c1-4-21-8-11-24-25(18-21)34-27(28-24)30(13-5-12-29-14-16-32-17-15-29)26(31)19-22-6-9-23(10-7-22)33-20(2)3;/h6-11,18,20H,4-5,12-17,19H2,1-3H3;1H. The van der Waals surface area contributed by atoms with Crippen LogP contribution in [0.15, 0.2) is 47.4 Å². The summed E-state index contributed by atoms with van der Waals surface area (Å²) in [4.78, 5) is 23.9. The Morgan fingerprint density at radius 2 is 1.86 bits per heavy atom. The second-order valence-corrected chi connectivity index (χ2v) is 11.7. The van der Waals surface area contributed by atoms with E-state index in [0.29, 0.717) is 18.2 Å². The van der Waals surface area contributed by atoms with Crippen LogP contribution in [0.3, 0.4) is 0 Å². The van der Waals surface area contributed by atoms with Crippen LogP contribution in [0.25, 0.3) is 10.2 Å². The minimum atomic E-state index is 0. The summed E-state index contributed by atoms with van der Waals surface area (Å²) in [7, 11) is 0. The van der Waals surface area contributed by atoms with Gasteiger partial charge >= 0.3 is 0 Å². The molecule has 0 aliphatic carbocycles. The van der Waals surface area contributed by atoms with E-state index in [0.717, 1.165) is 66.6 Å². The number of nitrogens with zero attached hydrogens (tertiary/aromatic N) is 3. The summed E-state index contributed by atoms with van der Waals surface area (Å²) in [6.45, 7) is 11.7. The van der Waals surface area contributed by atoms with Gasteiger partial charge in [-0.05, 0) is 48.2 Å². The molecule has 35 heavy (non-hydrogen) atoms. The summed E-state index contributed by atoms with van der Waals surface area (Å²) in [6.07, 6.45) is 2.31. The molecule has 0 bridgehead atoms. The highest BCUT2D eigenvalue weighted by Crippen LogP contribution is 2.31. The Morgan fingerprint density at radius 3 is 2.54 bits per heavy atom. The summed E-state index contributed by atoms with van der Waals surface area (Å²) in [6, 6.07) is 14.8. The van der Waals surface area contributed by atoms with Crippen LogP contribution in [0, 0.1) is 0 Å². The van der Waals surface area contributed by atoms with Gasteiger partial charge in [-0.15, -0.1) is 24.2 Å². The molecule has 1 amide bonds. The number of aryl methyl sites for hydroxylation is 1. The van der Waals surface area contributed by atoms with Gasteiger partial charge in [0.25, 0.3) is 0 Å². The zero-order valence-corrected chi connectivity index (χ0v) is 23.3. The topological polar surface area (TPSA) is 45.7 Å². The zero-order chi connectivity index (χ0) is 23.9. The number of hydrogen-bond donors (Lipinski definition) is 0. The normalized spacial score (nSPS) is 14.3. The maximum atomic E-state index is 13.5. The largest absolute Gasteiger partial charge is 0.379 e. The van der Waals surface area contributed by atoms with Gasteiger partial charge in [0.05, 0.1) is 29.9 Å². The van der Waals surface area contributed by atoms with Crippen molar-refractivity contribution in [3.8, 4) is 0 Å². The molecule has 0 saturated carbocycles. The van der Waals surface area contributed by atoms with Crippen LogP contribution >= 0.6 is 35.5 Å². The first-order valence-corrected chi connectivity index (χ1v) is 14.0. The van der Waals surface area contributed by atoms with Crippen molar-refractivity contribution in [2.75, 3.05) is 44.3 Å². The highest BCUT2D eigenvalue weighted by Gasteiger charge is 2.21. The number of carbonyl (C=O) groups excluding carboxylic acids is 1. The first-order valence-electron chi connectivity index (χ1n) is 12.3. The molecule has 0 atom stereocenters. The number of thioether (sulfide) groups is 1. The van der Waals surface area contributed by atoms with E-state index < -0.39 is 0 Å². The van der Waals surface area contributed by atoms with E-state index in [2.05, 4.69) is 68.1 Å². The molecule has 1 aromatic heterocycles. The maximum absolute atomic E-state index is 13.5. The van der Waals surface area contributed by atoms with Gasteiger partial charge in [-0.3, -0.25) is 14.6 Å². The molecule has 8 heteroatoms. The highest BCUT2D eigenvalue weighted by molar-refractivity contribution is 7.99. The number of hydrogen-bond acceptors (Lipinski definition) is 6. The molecule has 1 saturated heterocycles. The van der Waals surface area contributed by atoms with E-state index >= 15 is 0 Å². The molecule has 2 heterocycles. The quantitative estimate of drug-likeness (QED) is 0.295. The smallest absolute Gasteiger partial charge is 0.233 e. The van der Waals surface area contributed by atoms with Crippen molar-refractivity contribution in [3.63, 3.8) is 0 Å². The number of rotatable bonds is 10. The fourth-order valence-electron chi connectivity index (χ4n) is 4.12. The Labute approximate surface area is 223 Å². The molecule has 1 aliphatic rings. The van der Waals surface area contributed by atoms with Crippen molar-refractivity contribution < 1.29 is 9.53 Å². The van der Waals surface area contributed by atoms with E-state index in [4.69, 9.17) is 9.72 Å². The van der Waals surface area contributed by atoms with Gasteiger partial charge in [0.1, 0.15) is 0 Å².